The van der Waals surface area contributed by atoms with Crippen molar-refractivity contribution in [3.63, 3.8) is 0 Å². The van der Waals surface area contributed by atoms with Crippen molar-refractivity contribution in [2.75, 3.05) is 0 Å². The van der Waals surface area contributed by atoms with Crippen LogP contribution in [0.2, 0.25) is 0 Å². The average Bonchev–Trinajstić information content (AvgIpc) is 3.35. The lowest BCUT2D eigenvalue weighted by molar-refractivity contribution is 0.669. The van der Waals surface area contributed by atoms with Crippen LogP contribution in [-0.4, -0.2) is 4.98 Å². The van der Waals surface area contributed by atoms with Crippen molar-refractivity contribution in [1.82, 2.24) is 4.98 Å². The van der Waals surface area contributed by atoms with Gasteiger partial charge in [-0.25, -0.2) is 0 Å². The molecule has 0 saturated heterocycles. The van der Waals surface area contributed by atoms with E-state index in [1.54, 1.807) is 6.07 Å². The molecule has 27 heavy (non-hydrogen) atoms. The maximum Gasteiger partial charge on any atom is 0.144 e. The van der Waals surface area contributed by atoms with E-state index in [0.29, 0.717) is 11.5 Å². The van der Waals surface area contributed by atoms with Crippen LogP contribution < -0.4 is 0 Å². The fourth-order valence-corrected chi connectivity index (χ4v) is 4.76. The van der Waals surface area contributed by atoms with E-state index in [9.17, 15) is 0 Å². The molecule has 2 aromatic carbocycles. The van der Waals surface area contributed by atoms with Gasteiger partial charge in [0.05, 0.1) is 17.3 Å². The summed E-state index contributed by atoms with van der Waals surface area (Å²) in [5.74, 6) is 0.606. The highest BCUT2D eigenvalue weighted by Gasteiger charge is 2.21. The van der Waals surface area contributed by atoms with Crippen molar-refractivity contribution in [1.29, 1.82) is 5.26 Å². The molecule has 1 saturated carbocycles. The first-order valence-electron chi connectivity index (χ1n) is 9.26. The number of halogens is 1. The van der Waals surface area contributed by atoms with Crippen molar-refractivity contribution in [2.45, 2.75) is 31.6 Å². The van der Waals surface area contributed by atoms with Crippen molar-refractivity contribution >= 4 is 37.9 Å². The number of pyridine rings is 1. The minimum absolute atomic E-state index is 0.605. The van der Waals surface area contributed by atoms with E-state index in [1.807, 2.05) is 24.4 Å². The SMILES string of the molecule is N#Cc1ccc2c(c1)oc1c(-c3cc(C4CCCC4)c(Br)cn3)cccc12. The summed E-state index contributed by atoms with van der Waals surface area (Å²) >= 11 is 3.69. The Bertz CT molecular complexity index is 1210. The molecule has 2 aromatic heterocycles. The molecule has 2 heterocycles. The Morgan fingerprint density at radius 2 is 1.93 bits per heavy atom. The molecule has 1 aliphatic carbocycles. The summed E-state index contributed by atoms with van der Waals surface area (Å²) in [7, 11) is 0. The first-order chi connectivity index (χ1) is 13.2. The molecule has 132 valence electrons. The zero-order valence-corrected chi connectivity index (χ0v) is 16.3. The molecule has 1 fully saturated rings. The van der Waals surface area contributed by atoms with Gasteiger partial charge < -0.3 is 4.42 Å². The predicted octanol–water partition coefficient (Wildman–Crippen LogP) is 6.94. The Kier molecular flexibility index (Phi) is 3.98. The third kappa shape index (κ3) is 2.74. The minimum Gasteiger partial charge on any atom is -0.455 e. The van der Waals surface area contributed by atoms with Crippen molar-refractivity contribution in [3.05, 3.63) is 64.3 Å². The summed E-state index contributed by atoms with van der Waals surface area (Å²) in [5.41, 5.74) is 5.45. The van der Waals surface area contributed by atoms with Gasteiger partial charge in [0.1, 0.15) is 11.2 Å². The van der Waals surface area contributed by atoms with Crippen LogP contribution in [0.4, 0.5) is 0 Å². The smallest absolute Gasteiger partial charge is 0.144 e. The Labute approximate surface area is 165 Å². The lowest BCUT2D eigenvalue weighted by Crippen LogP contribution is -1.96. The van der Waals surface area contributed by atoms with Crippen LogP contribution in [0.1, 0.15) is 42.7 Å². The molecule has 5 rings (SSSR count). The summed E-state index contributed by atoms with van der Waals surface area (Å²) in [5, 5.41) is 11.2. The largest absolute Gasteiger partial charge is 0.455 e. The van der Waals surface area contributed by atoms with Gasteiger partial charge in [-0.05, 0) is 70.6 Å². The lowest BCUT2D eigenvalue weighted by Gasteiger charge is -2.13. The van der Waals surface area contributed by atoms with Crippen LogP contribution in [0.15, 0.2) is 57.6 Å². The predicted molar refractivity (Wildman–Crippen MR) is 111 cm³/mol. The number of hydrogen-bond donors (Lipinski definition) is 0. The second kappa shape index (κ2) is 6.51. The second-order valence-electron chi connectivity index (χ2n) is 7.18. The fraction of sp³-hybridized carbons (Fsp3) is 0.217. The third-order valence-corrected chi connectivity index (χ3v) is 6.25. The van der Waals surface area contributed by atoms with Gasteiger partial charge in [0.15, 0.2) is 0 Å². The van der Waals surface area contributed by atoms with E-state index >= 15 is 0 Å². The maximum absolute atomic E-state index is 9.16. The number of furan rings is 1. The maximum atomic E-state index is 9.16. The van der Waals surface area contributed by atoms with Crippen LogP contribution in [-0.2, 0) is 0 Å². The normalized spacial score (nSPS) is 14.8. The van der Waals surface area contributed by atoms with Gasteiger partial charge in [-0.15, -0.1) is 0 Å². The van der Waals surface area contributed by atoms with Gasteiger partial charge in [0, 0.05) is 27.0 Å². The van der Waals surface area contributed by atoms with Crippen molar-refractivity contribution in [3.8, 4) is 17.3 Å². The molecule has 1 aliphatic rings. The Balaban J connectivity index is 1.71. The summed E-state index contributed by atoms with van der Waals surface area (Å²) in [6, 6.07) is 16.2. The quantitative estimate of drug-likeness (QED) is 0.355. The van der Waals surface area contributed by atoms with Gasteiger partial charge in [-0.3, -0.25) is 4.98 Å². The third-order valence-electron chi connectivity index (χ3n) is 5.58. The van der Waals surface area contributed by atoms with E-state index < -0.39 is 0 Å². The summed E-state index contributed by atoms with van der Waals surface area (Å²) in [6.07, 6.45) is 7.00. The molecule has 0 aliphatic heterocycles. The van der Waals surface area contributed by atoms with Crippen LogP contribution in [0.25, 0.3) is 33.2 Å². The van der Waals surface area contributed by atoms with E-state index in [0.717, 1.165) is 37.7 Å². The number of para-hydroxylation sites is 1. The Morgan fingerprint density at radius 3 is 2.74 bits per heavy atom. The Morgan fingerprint density at radius 1 is 1.07 bits per heavy atom. The van der Waals surface area contributed by atoms with Gasteiger partial charge in [-0.2, -0.15) is 5.26 Å². The molecule has 0 unspecified atom stereocenters. The highest BCUT2D eigenvalue weighted by Crippen LogP contribution is 2.40. The Hall–Kier alpha value is -2.64. The fourth-order valence-electron chi connectivity index (χ4n) is 4.22. The number of hydrogen-bond acceptors (Lipinski definition) is 3. The van der Waals surface area contributed by atoms with E-state index in [1.165, 1.54) is 31.2 Å². The van der Waals surface area contributed by atoms with E-state index in [2.05, 4.69) is 45.2 Å². The standard InChI is InChI=1S/C23H17BrN2O/c24-20-13-26-21(11-19(20)15-4-1-2-5-15)18-7-3-6-17-16-9-8-14(12-25)10-22(16)27-23(17)18/h3,6-11,13,15H,1-2,4-5H2. The van der Waals surface area contributed by atoms with Crippen LogP contribution in [0.5, 0.6) is 0 Å². The summed E-state index contributed by atoms with van der Waals surface area (Å²) in [4.78, 5) is 4.68. The van der Waals surface area contributed by atoms with Crippen molar-refractivity contribution < 1.29 is 4.42 Å². The molecule has 4 aromatic rings. The highest BCUT2D eigenvalue weighted by atomic mass is 79.9. The number of benzene rings is 2. The van der Waals surface area contributed by atoms with Crippen LogP contribution in [0, 0.1) is 11.3 Å². The molecular formula is C23H17BrN2O. The molecule has 0 N–H and O–H groups in total. The van der Waals surface area contributed by atoms with Gasteiger partial charge >= 0.3 is 0 Å². The number of nitrogens with zero attached hydrogens (tertiary/aromatic N) is 2. The molecule has 3 nitrogen and oxygen atoms in total. The first-order valence-corrected chi connectivity index (χ1v) is 10.0. The number of rotatable bonds is 2. The van der Waals surface area contributed by atoms with E-state index in [4.69, 9.17) is 9.68 Å². The van der Waals surface area contributed by atoms with E-state index in [-0.39, 0.29) is 0 Å². The van der Waals surface area contributed by atoms with Gasteiger partial charge in [0.25, 0.3) is 0 Å². The first kappa shape index (κ1) is 16.5. The lowest BCUT2D eigenvalue weighted by atomic mass is 9.96. The molecule has 0 atom stereocenters. The number of nitriles is 1. The molecule has 0 bridgehead atoms. The molecule has 0 spiro atoms. The summed E-state index contributed by atoms with van der Waals surface area (Å²) in [6.45, 7) is 0. The number of fused-ring (bicyclic) bond motifs is 3. The molecule has 4 heteroatoms. The van der Waals surface area contributed by atoms with Gasteiger partial charge in [0.2, 0.25) is 0 Å². The second-order valence-corrected chi connectivity index (χ2v) is 8.03. The molecule has 0 amide bonds. The number of aromatic nitrogens is 1. The van der Waals surface area contributed by atoms with Crippen molar-refractivity contribution in [2.24, 2.45) is 0 Å². The zero-order valence-electron chi connectivity index (χ0n) is 14.7. The molecular weight excluding hydrogens is 400 g/mol. The topological polar surface area (TPSA) is 49.8 Å². The van der Waals surface area contributed by atoms with Crippen LogP contribution >= 0.6 is 15.9 Å². The summed E-state index contributed by atoms with van der Waals surface area (Å²) < 4.78 is 7.26. The zero-order chi connectivity index (χ0) is 18.4. The average molecular weight is 417 g/mol. The monoisotopic (exact) mass is 416 g/mol. The van der Waals surface area contributed by atoms with Gasteiger partial charge in [-0.1, -0.05) is 25.0 Å². The highest BCUT2D eigenvalue weighted by molar-refractivity contribution is 9.10. The van der Waals surface area contributed by atoms with Crippen LogP contribution in [0.3, 0.4) is 0 Å². The molecule has 0 radical (unpaired) electrons. The minimum atomic E-state index is 0.605.